The maximum atomic E-state index is 12.5. The van der Waals surface area contributed by atoms with E-state index >= 15 is 0 Å². The fraction of sp³-hybridized carbons (Fsp3) is 0.217. The SMILES string of the molecule is COC(=O)c1c(COC(=O)c2ccc(S(=O)(=O)NCCC#N)cc2)nc2ccccc2c1C. The van der Waals surface area contributed by atoms with Crippen molar-refractivity contribution >= 4 is 32.9 Å². The molecule has 170 valence electrons. The average Bonchev–Trinajstić information content (AvgIpc) is 2.82. The van der Waals surface area contributed by atoms with Crippen molar-refractivity contribution in [1.29, 1.82) is 5.26 Å². The van der Waals surface area contributed by atoms with Crippen molar-refractivity contribution in [1.82, 2.24) is 9.71 Å². The number of hydrogen-bond donors (Lipinski definition) is 1. The molecule has 0 bridgehead atoms. The van der Waals surface area contributed by atoms with E-state index in [0.717, 1.165) is 5.39 Å². The molecule has 33 heavy (non-hydrogen) atoms. The lowest BCUT2D eigenvalue weighted by molar-refractivity contribution is 0.0455. The van der Waals surface area contributed by atoms with Gasteiger partial charge in [0, 0.05) is 18.4 Å². The molecule has 2 aromatic carbocycles. The van der Waals surface area contributed by atoms with Crippen LogP contribution in [-0.2, 0) is 26.1 Å². The summed E-state index contributed by atoms with van der Waals surface area (Å²) >= 11 is 0. The average molecular weight is 468 g/mol. The van der Waals surface area contributed by atoms with Crippen molar-refractivity contribution in [2.45, 2.75) is 24.8 Å². The van der Waals surface area contributed by atoms with Gasteiger partial charge in [0.05, 0.1) is 40.4 Å². The molecule has 0 fully saturated rings. The maximum Gasteiger partial charge on any atom is 0.340 e. The summed E-state index contributed by atoms with van der Waals surface area (Å²) in [7, 11) is -2.53. The van der Waals surface area contributed by atoms with E-state index < -0.39 is 22.0 Å². The van der Waals surface area contributed by atoms with E-state index in [1.807, 2.05) is 24.3 Å². The molecule has 1 aromatic heterocycles. The lowest BCUT2D eigenvalue weighted by Gasteiger charge is -2.13. The molecule has 1 heterocycles. The first-order valence-electron chi connectivity index (χ1n) is 9.89. The number of nitriles is 1. The van der Waals surface area contributed by atoms with Crippen LogP contribution in [0.5, 0.6) is 0 Å². The maximum absolute atomic E-state index is 12.5. The summed E-state index contributed by atoms with van der Waals surface area (Å²) in [6.07, 6.45) is 0.0412. The van der Waals surface area contributed by atoms with Crippen LogP contribution in [0.1, 0.15) is 38.4 Å². The van der Waals surface area contributed by atoms with E-state index in [9.17, 15) is 18.0 Å². The number of carbonyl (C=O) groups is 2. The third-order valence-electron chi connectivity index (χ3n) is 4.89. The molecular formula is C23H21N3O6S. The van der Waals surface area contributed by atoms with Gasteiger partial charge in [-0.1, -0.05) is 18.2 Å². The highest BCUT2D eigenvalue weighted by Crippen LogP contribution is 2.24. The Morgan fingerprint density at radius 3 is 2.45 bits per heavy atom. The number of nitrogens with one attached hydrogen (secondary N) is 1. The van der Waals surface area contributed by atoms with Gasteiger partial charge in [0.1, 0.15) is 6.61 Å². The zero-order valence-corrected chi connectivity index (χ0v) is 18.8. The Morgan fingerprint density at radius 2 is 1.79 bits per heavy atom. The Hall–Kier alpha value is -3.81. The van der Waals surface area contributed by atoms with Gasteiger partial charge in [-0.25, -0.2) is 27.7 Å². The fourth-order valence-electron chi connectivity index (χ4n) is 3.23. The summed E-state index contributed by atoms with van der Waals surface area (Å²) in [6, 6.07) is 14.3. The second-order valence-electron chi connectivity index (χ2n) is 6.97. The molecule has 1 N–H and O–H groups in total. The number of methoxy groups -OCH3 is 1. The Morgan fingerprint density at radius 1 is 1.09 bits per heavy atom. The van der Waals surface area contributed by atoms with E-state index in [4.69, 9.17) is 14.7 Å². The summed E-state index contributed by atoms with van der Waals surface area (Å²) in [6.45, 7) is 1.49. The number of pyridine rings is 1. The van der Waals surface area contributed by atoms with Crippen LogP contribution < -0.4 is 4.72 Å². The first-order chi connectivity index (χ1) is 15.8. The van der Waals surface area contributed by atoms with Crippen LogP contribution in [0.2, 0.25) is 0 Å². The van der Waals surface area contributed by atoms with E-state index in [1.54, 1.807) is 13.0 Å². The quantitative estimate of drug-likeness (QED) is 0.395. The summed E-state index contributed by atoms with van der Waals surface area (Å²) < 4.78 is 36.9. The number of aryl methyl sites for hydroxylation is 1. The van der Waals surface area contributed by atoms with Crippen molar-refractivity contribution in [3.63, 3.8) is 0 Å². The highest BCUT2D eigenvalue weighted by Gasteiger charge is 2.21. The lowest BCUT2D eigenvalue weighted by Crippen LogP contribution is -2.24. The number of rotatable bonds is 8. The lowest BCUT2D eigenvalue weighted by atomic mass is 10.0. The number of benzene rings is 2. The van der Waals surface area contributed by atoms with Gasteiger partial charge in [0.15, 0.2) is 0 Å². The van der Waals surface area contributed by atoms with Crippen LogP contribution in [0.4, 0.5) is 0 Å². The van der Waals surface area contributed by atoms with Crippen molar-refractivity contribution < 1.29 is 27.5 Å². The number of fused-ring (bicyclic) bond motifs is 1. The number of esters is 2. The van der Waals surface area contributed by atoms with E-state index in [1.165, 1.54) is 31.4 Å². The summed E-state index contributed by atoms with van der Waals surface area (Å²) in [4.78, 5) is 29.3. The second-order valence-corrected chi connectivity index (χ2v) is 8.74. The number of para-hydroxylation sites is 1. The van der Waals surface area contributed by atoms with E-state index in [2.05, 4.69) is 9.71 Å². The minimum atomic E-state index is -3.79. The van der Waals surface area contributed by atoms with Crippen LogP contribution in [0.3, 0.4) is 0 Å². The standard InChI is InChI=1S/C23H21N3O6S/c1-15-18-6-3-4-7-19(18)26-20(21(15)23(28)31-2)14-32-22(27)16-8-10-17(11-9-16)33(29,30)25-13-5-12-24/h3-4,6-11,25H,5,13-14H2,1-2H3. The molecule has 3 aromatic rings. The molecule has 0 amide bonds. The van der Waals surface area contributed by atoms with Crippen molar-refractivity contribution in [2.24, 2.45) is 0 Å². The molecule has 0 saturated heterocycles. The predicted molar refractivity (Wildman–Crippen MR) is 119 cm³/mol. The van der Waals surface area contributed by atoms with Gasteiger partial charge >= 0.3 is 11.9 Å². The van der Waals surface area contributed by atoms with Crippen molar-refractivity contribution in [3.05, 3.63) is 70.9 Å². The van der Waals surface area contributed by atoms with Gasteiger partial charge in [-0.15, -0.1) is 0 Å². The van der Waals surface area contributed by atoms with Gasteiger partial charge in [0.25, 0.3) is 0 Å². The summed E-state index contributed by atoms with van der Waals surface area (Å²) in [5, 5.41) is 9.31. The van der Waals surface area contributed by atoms with E-state index in [-0.39, 0.29) is 41.3 Å². The molecule has 0 aliphatic heterocycles. The van der Waals surface area contributed by atoms with Crippen molar-refractivity contribution in [2.75, 3.05) is 13.7 Å². The van der Waals surface area contributed by atoms with Gasteiger partial charge in [-0.2, -0.15) is 5.26 Å². The van der Waals surface area contributed by atoms with Crippen LogP contribution in [0.15, 0.2) is 53.4 Å². The largest absolute Gasteiger partial charge is 0.465 e. The van der Waals surface area contributed by atoms with Crippen LogP contribution in [0, 0.1) is 18.3 Å². The molecule has 3 rings (SSSR count). The Balaban J connectivity index is 1.79. The molecule has 0 radical (unpaired) electrons. The number of carbonyl (C=O) groups excluding carboxylic acids is 2. The first-order valence-corrected chi connectivity index (χ1v) is 11.4. The van der Waals surface area contributed by atoms with Crippen LogP contribution in [0.25, 0.3) is 10.9 Å². The molecule has 0 aliphatic carbocycles. The second kappa shape index (κ2) is 10.2. The minimum absolute atomic E-state index is 0.0106. The number of aromatic nitrogens is 1. The highest BCUT2D eigenvalue weighted by molar-refractivity contribution is 7.89. The van der Waals surface area contributed by atoms with Gasteiger partial charge < -0.3 is 9.47 Å². The monoisotopic (exact) mass is 467 g/mol. The fourth-order valence-corrected chi connectivity index (χ4v) is 4.26. The number of nitrogens with zero attached hydrogens (tertiary/aromatic N) is 2. The molecule has 0 atom stereocenters. The van der Waals surface area contributed by atoms with Gasteiger partial charge in [0.2, 0.25) is 10.0 Å². The third-order valence-corrected chi connectivity index (χ3v) is 6.36. The Kier molecular flexibility index (Phi) is 7.37. The highest BCUT2D eigenvalue weighted by atomic mass is 32.2. The first kappa shape index (κ1) is 23.8. The predicted octanol–water partition coefficient (Wildman–Crippen LogP) is 2.88. The van der Waals surface area contributed by atoms with Crippen LogP contribution in [-0.4, -0.2) is 39.0 Å². The molecule has 9 nitrogen and oxygen atoms in total. The van der Waals surface area contributed by atoms with Crippen LogP contribution >= 0.6 is 0 Å². The molecule has 0 spiro atoms. The summed E-state index contributed by atoms with van der Waals surface area (Å²) in [5.41, 5.74) is 1.92. The smallest absolute Gasteiger partial charge is 0.340 e. The number of ether oxygens (including phenoxy) is 2. The van der Waals surface area contributed by atoms with Gasteiger partial charge in [-0.05, 0) is 42.8 Å². The molecule has 0 unspecified atom stereocenters. The molecule has 0 saturated carbocycles. The number of hydrogen-bond acceptors (Lipinski definition) is 8. The third kappa shape index (κ3) is 5.34. The zero-order chi connectivity index (χ0) is 24.0. The summed E-state index contributed by atoms with van der Waals surface area (Å²) in [5.74, 6) is -1.30. The topological polar surface area (TPSA) is 135 Å². The number of sulfonamides is 1. The minimum Gasteiger partial charge on any atom is -0.465 e. The Bertz CT molecular complexity index is 1350. The molecule has 0 aliphatic rings. The Labute approximate surface area is 191 Å². The normalized spacial score (nSPS) is 11.1. The van der Waals surface area contributed by atoms with Gasteiger partial charge in [-0.3, -0.25) is 0 Å². The molecule has 10 heteroatoms. The van der Waals surface area contributed by atoms with Crippen molar-refractivity contribution in [3.8, 4) is 6.07 Å². The zero-order valence-electron chi connectivity index (χ0n) is 18.0. The van der Waals surface area contributed by atoms with E-state index in [0.29, 0.717) is 11.1 Å². The molecular weight excluding hydrogens is 446 g/mol.